The van der Waals surface area contributed by atoms with Crippen LogP contribution in [0.25, 0.3) is 33.2 Å². The Morgan fingerprint density at radius 1 is 1.13 bits per heavy atom. The summed E-state index contributed by atoms with van der Waals surface area (Å²) < 4.78 is 13.2. The molecular formula is C24H28N4O3. The summed E-state index contributed by atoms with van der Waals surface area (Å²) in [7, 11) is 0. The van der Waals surface area contributed by atoms with Crippen molar-refractivity contribution in [2.24, 2.45) is 5.92 Å². The molecule has 1 N–H and O–H groups in total. The molecule has 5 rings (SSSR count). The highest BCUT2D eigenvalue weighted by atomic mass is 16.5. The number of aryl methyl sites for hydroxylation is 2. The molecule has 4 aromatic rings. The summed E-state index contributed by atoms with van der Waals surface area (Å²) in [5.41, 5.74) is 5.49. The van der Waals surface area contributed by atoms with Gasteiger partial charge in [0.2, 0.25) is 0 Å². The zero-order valence-corrected chi connectivity index (χ0v) is 18.5. The van der Waals surface area contributed by atoms with Crippen LogP contribution in [0.1, 0.15) is 43.7 Å². The van der Waals surface area contributed by atoms with Crippen molar-refractivity contribution in [2.75, 3.05) is 13.2 Å². The summed E-state index contributed by atoms with van der Waals surface area (Å²) in [4.78, 5) is 9.63. The maximum atomic E-state index is 10.5. The SMILES string of the molecule is Cc1noc(C)c1-c1cnc2c3cc(C(C)(C)O)cnc3n(CC3CCOCC3)c2c1. The molecule has 1 aliphatic heterocycles. The highest BCUT2D eigenvalue weighted by Crippen LogP contribution is 2.35. The topological polar surface area (TPSA) is 86.2 Å². The van der Waals surface area contributed by atoms with Crippen LogP contribution in [0.5, 0.6) is 0 Å². The molecule has 0 aliphatic carbocycles. The van der Waals surface area contributed by atoms with E-state index in [0.29, 0.717) is 5.92 Å². The molecule has 1 saturated heterocycles. The maximum Gasteiger partial charge on any atom is 0.142 e. The van der Waals surface area contributed by atoms with Crippen LogP contribution in [0.15, 0.2) is 29.0 Å². The molecule has 162 valence electrons. The van der Waals surface area contributed by atoms with Crippen molar-refractivity contribution in [3.63, 3.8) is 0 Å². The molecule has 0 amide bonds. The first-order chi connectivity index (χ1) is 14.8. The number of ether oxygens (including phenoxy) is 1. The molecule has 0 aromatic carbocycles. The lowest BCUT2D eigenvalue weighted by Gasteiger charge is -2.23. The Hall–Kier alpha value is -2.77. The fraction of sp³-hybridized carbons (Fsp3) is 0.458. The fourth-order valence-corrected chi connectivity index (χ4v) is 4.57. The van der Waals surface area contributed by atoms with Crippen LogP contribution >= 0.6 is 0 Å². The van der Waals surface area contributed by atoms with Crippen LogP contribution in [0.4, 0.5) is 0 Å². The van der Waals surface area contributed by atoms with Gasteiger partial charge in [0.15, 0.2) is 0 Å². The van der Waals surface area contributed by atoms with E-state index in [0.717, 1.165) is 82.8 Å². The number of aromatic nitrogens is 4. The monoisotopic (exact) mass is 420 g/mol. The minimum Gasteiger partial charge on any atom is -0.386 e. The van der Waals surface area contributed by atoms with E-state index in [1.807, 2.05) is 26.1 Å². The van der Waals surface area contributed by atoms with Crippen molar-refractivity contribution in [3.05, 3.63) is 41.5 Å². The zero-order valence-electron chi connectivity index (χ0n) is 18.5. The van der Waals surface area contributed by atoms with Crippen molar-refractivity contribution >= 4 is 22.1 Å². The predicted octanol–water partition coefficient (Wildman–Crippen LogP) is 4.51. The number of aliphatic hydroxyl groups is 1. The number of fused-ring (bicyclic) bond motifs is 3. The van der Waals surface area contributed by atoms with Gasteiger partial charge < -0.3 is 18.9 Å². The van der Waals surface area contributed by atoms with Gasteiger partial charge >= 0.3 is 0 Å². The van der Waals surface area contributed by atoms with Crippen molar-refractivity contribution in [3.8, 4) is 11.1 Å². The van der Waals surface area contributed by atoms with Gasteiger partial charge in [0.1, 0.15) is 11.4 Å². The lowest BCUT2D eigenvalue weighted by Crippen LogP contribution is -2.20. The Morgan fingerprint density at radius 2 is 1.90 bits per heavy atom. The van der Waals surface area contributed by atoms with Gasteiger partial charge in [-0.15, -0.1) is 0 Å². The van der Waals surface area contributed by atoms with E-state index >= 15 is 0 Å². The van der Waals surface area contributed by atoms with Gasteiger partial charge in [0.25, 0.3) is 0 Å². The molecule has 1 aliphatic rings. The molecule has 0 unspecified atom stereocenters. The smallest absolute Gasteiger partial charge is 0.142 e. The van der Waals surface area contributed by atoms with E-state index in [1.165, 1.54) is 0 Å². The minimum atomic E-state index is -0.965. The van der Waals surface area contributed by atoms with Crippen LogP contribution in [0.3, 0.4) is 0 Å². The fourth-order valence-electron chi connectivity index (χ4n) is 4.57. The molecule has 4 aromatic heterocycles. The van der Waals surface area contributed by atoms with Crippen LogP contribution in [-0.2, 0) is 16.9 Å². The van der Waals surface area contributed by atoms with Gasteiger partial charge in [-0.3, -0.25) is 4.98 Å². The third kappa shape index (κ3) is 3.51. The average molecular weight is 421 g/mol. The lowest BCUT2D eigenvalue weighted by molar-refractivity contribution is 0.0619. The largest absolute Gasteiger partial charge is 0.386 e. The maximum absolute atomic E-state index is 10.5. The van der Waals surface area contributed by atoms with Gasteiger partial charge in [-0.25, -0.2) is 4.98 Å². The van der Waals surface area contributed by atoms with E-state index in [2.05, 4.69) is 15.8 Å². The number of nitrogens with zero attached hydrogens (tertiary/aromatic N) is 4. The molecule has 0 radical (unpaired) electrons. The Morgan fingerprint density at radius 3 is 2.58 bits per heavy atom. The molecule has 0 saturated carbocycles. The van der Waals surface area contributed by atoms with Crippen molar-refractivity contribution in [1.29, 1.82) is 0 Å². The second kappa shape index (κ2) is 7.43. The Balaban J connectivity index is 1.73. The van der Waals surface area contributed by atoms with E-state index < -0.39 is 5.60 Å². The molecule has 7 heteroatoms. The van der Waals surface area contributed by atoms with Gasteiger partial charge in [-0.05, 0) is 58.6 Å². The first kappa shape index (κ1) is 20.2. The summed E-state index contributed by atoms with van der Waals surface area (Å²) in [5.74, 6) is 1.32. The first-order valence-corrected chi connectivity index (χ1v) is 10.8. The van der Waals surface area contributed by atoms with Crippen LogP contribution in [0, 0.1) is 19.8 Å². The van der Waals surface area contributed by atoms with Crippen LogP contribution < -0.4 is 0 Å². The second-order valence-corrected chi connectivity index (χ2v) is 9.11. The van der Waals surface area contributed by atoms with Gasteiger partial charge in [0.05, 0.1) is 22.3 Å². The predicted molar refractivity (Wildman–Crippen MR) is 119 cm³/mol. The highest BCUT2D eigenvalue weighted by Gasteiger charge is 2.23. The normalized spacial score (nSPS) is 15.9. The number of hydrogen-bond donors (Lipinski definition) is 1. The summed E-state index contributed by atoms with van der Waals surface area (Å²) in [6, 6.07) is 4.19. The Bertz CT molecular complexity index is 1240. The van der Waals surface area contributed by atoms with E-state index in [9.17, 15) is 5.11 Å². The third-order valence-electron chi connectivity index (χ3n) is 6.35. The van der Waals surface area contributed by atoms with E-state index in [4.69, 9.17) is 19.2 Å². The minimum absolute atomic E-state index is 0.533. The Kier molecular flexibility index (Phi) is 4.83. The van der Waals surface area contributed by atoms with Crippen LogP contribution in [0.2, 0.25) is 0 Å². The van der Waals surface area contributed by atoms with E-state index in [1.54, 1.807) is 20.0 Å². The molecule has 5 heterocycles. The standard InChI is InChI=1S/C24H28N4O3/c1-14-21(15(2)31-27-14)17-9-20-22(25-11-17)19-10-18(24(3,4)29)12-26-23(19)28(20)13-16-5-7-30-8-6-16/h9-12,16,29H,5-8,13H2,1-4H3. The molecular weight excluding hydrogens is 392 g/mol. The van der Waals surface area contributed by atoms with Gasteiger partial charge in [-0.1, -0.05) is 5.16 Å². The van der Waals surface area contributed by atoms with Crippen molar-refractivity contribution in [1.82, 2.24) is 19.7 Å². The quantitative estimate of drug-likeness (QED) is 0.523. The lowest BCUT2D eigenvalue weighted by atomic mass is 9.99. The second-order valence-electron chi connectivity index (χ2n) is 9.11. The summed E-state index contributed by atoms with van der Waals surface area (Å²) in [6.45, 7) is 9.91. The summed E-state index contributed by atoms with van der Waals surface area (Å²) >= 11 is 0. The number of hydrogen-bond acceptors (Lipinski definition) is 6. The number of rotatable bonds is 4. The van der Waals surface area contributed by atoms with E-state index in [-0.39, 0.29) is 0 Å². The van der Waals surface area contributed by atoms with Gasteiger partial charge in [0, 0.05) is 54.2 Å². The molecule has 7 nitrogen and oxygen atoms in total. The average Bonchev–Trinajstić information content (AvgIpc) is 3.24. The first-order valence-electron chi connectivity index (χ1n) is 10.8. The van der Waals surface area contributed by atoms with Crippen LogP contribution in [-0.4, -0.2) is 38.0 Å². The summed E-state index contributed by atoms with van der Waals surface area (Å²) in [5, 5.41) is 15.6. The van der Waals surface area contributed by atoms with Gasteiger partial charge in [-0.2, -0.15) is 0 Å². The molecule has 31 heavy (non-hydrogen) atoms. The Labute approximate surface area is 181 Å². The van der Waals surface area contributed by atoms with Crippen molar-refractivity contribution in [2.45, 2.75) is 52.7 Å². The molecule has 0 bridgehead atoms. The zero-order chi connectivity index (χ0) is 21.8. The highest BCUT2D eigenvalue weighted by molar-refractivity contribution is 6.05. The molecule has 1 fully saturated rings. The van der Waals surface area contributed by atoms with Crippen molar-refractivity contribution < 1.29 is 14.4 Å². The molecule has 0 spiro atoms. The third-order valence-corrected chi connectivity index (χ3v) is 6.35. The number of pyridine rings is 2. The molecule has 0 atom stereocenters. The summed E-state index contributed by atoms with van der Waals surface area (Å²) in [6.07, 6.45) is 5.74.